The molecule has 1 fully saturated rings. The number of rotatable bonds is 6. The Kier molecular flexibility index (Phi) is 7.30. The summed E-state index contributed by atoms with van der Waals surface area (Å²) in [5.41, 5.74) is 0.236. The zero-order valence-electron chi connectivity index (χ0n) is 21.0. The molecule has 1 aliphatic heterocycles. The molecule has 0 unspecified atom stereocenters. The average Bonchev–Trinajstić information content (AvgIpc) is 2.83. The minimum atomic E-state index is -2.92. The minimum Gasteiger partial charge on any atom is -0.363 e. The lowest BCUT2D eigenvalue weighted by Gasteiger charge is -2.34. The number of halogens is 3. The van der Waals surface area contributed by atoms with E-state index in [9.17, 15) is 18.0 Å². The van der Waals surface area contributed by atoms with Gasteiger partial charge in [0.05, 0.1) is 22.6 Å². The van der Waals surface area contributed by atoms with Crippen LogP contribution in [0.15, 0.2) is 24.3 Å². The third-order valence-electron chi connectivity index (χ3n) is 6.33. The molecule has 8 nitrogen and oxygen atoms in total. The Morgan fingerprint density at radius 2 is 1.75 bits per heavy atom. The summed E-state index contributed by atoms with van der Waals surface area (Å²) < 4.78 is 41.2. The van der Waals surface area contributed by atoms with Gasteiger partial charge >= 0.3 is 0 Å². The molecule has 11 heteroatoms. The Balaban J connectivity index is 1.80. The predicted molar refractivity (Wildman–Crippen MR) is 133 cm³/mol. The zero-order chi connectivity index (χ0) is 26.1. The number of nitrogens with one attached hydrogen (secondary N) is 1. The van der Waals surface area contributed by atoms with Crippen molar-refractivity contribution in [1.82, 2.24) is 24.8 Å². The maximum atomic E-state index is 14.8. The number of carbonyl (C=O) groups excluding carboxylic acids is 1. The molecule has 2 aromatic heterocycles. The number of alkyl halides is 2. The fourth-order valence-electron chi connectivity index (χ4n) is 4.28. The number of fused-ring (bicyclic) bond motifs is 1. The number of anilines is 2. The summed E-state index contributed by atoms with van der Waals surface area (Å²) in [5.74, 6) is 0.164. The van der Waals surface area contributed by atoms with E-state index < -0.39 is 23.8 Å². The first kappa shape index (κ1) is 25.6. The second-order valence-corrected chi connectivity index (χ2v) is 9.26. The Morgan fingerprint density at radius 1 is 1.08 bits per heavy atom. The summed E-state index contributed by atoms with van der Waals surface area (Å²) in [7, 11) is 5.39. The van der Waals surface area contributed by atoms with Crippen molar-refractivity contribution in [3.63, 3.8) is 0 Å². The van der Waals surface area contributed by atoms with Crippen molar-refractivity contribution in [2.45, 2.75) is 26.3 Å². The van der Waals surface area contributed by atoms with Gasteiger partial charge in [0.25, 0.3) is 12.3 Å². The maximum absolute atomic E-state index is 14.8. The van der Waals surface area contributed by atoms with E-state index in [1.165, 1.54) is 17.0 Å². The molecule has 3 aromatic rings. The van der Waals surface area contributed by atoms with Gasteiger partial charge in [0.2, 0.25) is 0 Å². The Hall–Kier alpha value is -3.47. The molecule has 0 aliphatic carbocycles. The van der Waals surface area contributed by atoms with Gasteiger partial charge in [-0.3, -0.25) is 4.79 Å². The Bertz CT molecular complexity index is 1280. The fourth-order valence-corrected chi connectivity index (χ4v) is 4.28. The highest BCUT2D eigenvalue weighted by Gasteiger charge is 2.26. The normalized spacial score (nSPS) is 15.4. The summed E-state index contributed by atoms with van der Waals surface area (Å²) in [6.45, 7) is 6.49. The van der Waals surface area contributed by atoms with E-state index in [4.69, 9.17) is 4.98 Å². The standard InChI is InChI=1S/C25H30F3N7O/c1-14(16-7-6-8-17(20(16)26)21(27)28)29-22-18-13-19(25(36)33(3)4)24(32-23(18)31-15(2)30-22)35-11-9-34(5)10-12-35/h6-8,13-14,21H,9-12H2,1-5H3,(H,29,30,31,32)/t14-/m1/s1. The summed E-state index contributed by atoms with van der Waals surface area (Å²) in [6.07, 6.45) is -2.92. The van der Waals surface area contributed by atoms with Crippen molar-refractivity contribution in [2.75, 3.05) is 57.5 Å². The summed E-state index contributed by atoms with van der Waals surface area (Å²) in [5, 5.41) is 3.61. The second kappa shape index (κ2) is 10.3. The molecule has 0 spiro atoms. The van der Waals surface area contributed by atoms with Crippen LogP contribution in [0.4, 0.5) is 24.8 Å². The van der Waals surface area contributed by atoms with Gasteiger partial charge < -0.3 is 20.0 Å². The lowest BCUT2D eigenvalue weighted by Crippen LogP contribution is -2.45. The van der Waals surface area contributed by atoms with Gasteiger partial charge in [0.15, 0.2) is 5.65 Å². The minimum absolute atomic E-state index is 0.0869. The third-order valence-corrected chi connectivity index (χ3v) is 6.33. The number of piperazine rings is 1. The quantitative estimate of drug-likeness (QED) is 0.546. The van der Waals surface area contributed by atoms with Crippen molar-refractivity contribution in [2.24, 2.45) is 0 Å². The SMILES string of the molecule is Cc1nc(N[C@H](C)c2cccc(C(F)F)c2F)c2cc(C(=O)N(C)C)c(N3CCN(C)CC3)nc2n1. The second-order valence-electron chi connectivity index (χ2n) is 9.26. The molecule has 0 radical (unpaired) electrons. The molecule has 1 saturated heterocycles. The van der Waals surface area contributed by atoms with E-state index in [2.05, 4.69) is 25.1 Å². The van der Waals surface area contributed by atoms with E-state index in [1.807, 2.05) is 7.05 Å². The number of hydrogen-bond acceptors (Lipinski definition) is 7. The number of carbonyl (C=O) groups is 1. The predicted octanol–water partition coefficient (Wildman–Crippen LogP) is 4.04. The molecule has 192 valence electrons. The van der Waals surface area contributed by atoms with Crippen molar-refractivity contribution >= 4 is 28.6 Å². The Morgan fingerprint density at radius 3 is 2.39 bits per heavy atom. The molecule has 0 saturated carbocycles. The average molecular weight is 502 g/mol. The molecule has 36 heavy (non-hydrogen) atoms. The number of amides is 1. The number of hydrogen-bond donors (Lipinski definition) is 1. The van der Waals surface area contributed by atoms with Crippen LogP contribution in [0.25, 0.3) is 11.0 Å². The fraction of sp³-hybridized carbons (Fsp3) is 0.440. The van der Waals surface area contributed by atoms with Gasteiger partial charge in [-0.15, -0.1) is 0 Å². The first-order valence-electron chi connectivity index (χ1n) is 11.7. The van der Waals surface area contributed by atoms with Gasteiger partial charge in [-0.05, 0) is 27.0 Å². The zero-order valence-corrected chi connectivity index (χ0v) is 21.0. The molecule has 1 amide bonds. The first-order chi connectivity index (χ1) is 17.1. The van der Waals surface area contributed by atoms with E-state index in [0.29, 0.717) is 47.1 Å². The van der Waals surface area contributed by atoms with Crippen LogP contribution in [0.5, 0.6) is 0 Å². The number of benzene rings is 1. The van der Waals surface area contributed by atoms with E-state index >= 15 is 0 Å². The van der Waals surface area contributed by atoms with Crippen LogP contribution in [0.1, 0.15) is 46.7 Å². The van der Waals surface area contributed by atoms with E-state index in [0.717, 1.165) is 19.2 Å². The summed E-state index contributed by atoms with van der Waals surface area (Å²) in [6, 6.07) is 4.95. The van der Waals surface area contributed by atoms with E-state index in [1.54, 1.807) is 34.0 Å². The number of aromatic nitrogens is 3. The van der Waals surface area contributed by atoms with Gasteiger partial charge in [-0.25, -0.2) is 28.1 Å². The highest BCUT2D eigenvalue weighted by atomic mass is 19.3. The van der Waals surface area contributed by atoms with Gasteiger partial charge in [0.1, 0.15) is 23.3 Å². The molecule has 3 heterocycles. The Labute approximate surface area is 208 Å². The largest absolute Gasteiger partial charge is 0.363 e. The monoisotopic (exact) mass is 501 g/mol. The third kappa shape index (κ3) is 5.06. The van der Waals surface area contributed by atoms with Crippen molar-refractivity contribution in [3.8, 4) is 0 Å². The molecule has 1 aliphatic rings. The summed E-state index contributed by atoms with van der Waals surface area (Å²) >= 11 is 0. The van der Waals surface area contributed by atoms with Crippen LogP contribution in [0.3, 0.4) is 0 Å². The highest BCUT2D eigenvalue weighted by Crippen LogP contribution is 2.32. The van der Waals surface area contributed by atoms with Crippen LogP contribution in [0, 0.1) is 12.7 Å². The summed E-state index contributed by atoms with van der Waals surface area (Å²) in [4.78, 5) is 32.7. The molecular formula is C25H30F3N7O. The van der Waals surface area contributed by atoms with Crippen LogP contribution in [-0.2, 0) is 0 Å². The van der Waals surface area contributed by atoms with Crippen LogP contribution >= 0.6 is 0 Å². The van der Waals surface area contributed by atoms with Gasteiger partial charge in [-0.2, -0.15) is 0 Å². The van der Waals surface area contributed by atoms with Crippen molar-refractivity contribution in [1.29, 1.82) is 0 Å². The number of likely N-dealkylation sites (N-methyl/N-ethyl adjacent to an activating group) is 1. The number of pyridine rings is 1. The molecule has 1 N–H and O–H groups in total. The van der Waals surface area contributed by atoms with Crippen LogP contribution < -0.4 is 10.2 Å². The van der Waals surface area contributed by atoms with E-state index in [-0.39, 0.29) is 11.5 Å². The molecular weight excluding hydrogens is 471 g/mol. The van der Waals surface area contributed by atoms with Crippen molar-refractivity contribution in [3.05, 3.63) is 52.6 Å². The lowest BCUT2D eigenvalue weighted by molar-refractivity contribution is 0.0827. The first-order valence-corrected chi connectivity index (χ1v) is 11.7. The lowest BCUT2D eigenvalue weighted by atomic mass is 10.0. The van der Waals surface area contributed by atoms with Crippen molar-refractivity contribution < 1.29 is 18.0 Å². The molecule has 0 bridgehead atoms. The van der Waals surface area contributed by atoms with Crippen LogP contribution in [-0.4, -0.2) is 78.0 Å². The molecule has 1 aromatic carbocycles. The molecule has 1 atom stereocenters. The maximum Gasteiger partial charge on any atom is 0.266 e. The number of aryl methyl sites for hydroxylation is 1. The number of nitrogens with zero attached hydrogens (tertiary/aromatic N) is 6. The van der Waals surface area contributed by atoms with Crippen LogP contribution in [0.2, 0.25) is 0 Å². The highest BCUT2D eigenvalue weighted by molar-refractivity contribution is 6.03. The smallest absolute Gasteiger partial charge is 0.266 e. The van der Waals surface area contributed by atoms with Gasteiger partial charge in [0, 0.05) is 45.8 Å². The van der Waals surface area contributed by atoms with Gasteiger partial charge in [-0.1, -0.05) is 18.2 Å². The topological polar surface area (TPSA) is 77.5 Å². The molecule has 4 rings (SSSR count).